The number of carbonyl (C=O) groups excluding carboxylic acids is 8. The Labute approximate surface area is 468 Å². The minimum absolute atomic E-state index is 0.0234. The van der Waals surface area contributed by atoms with Gasteiger partial charge in [0.2, 0.25) is 6.10 Å². The highest BCUT2D eigenvalue weighted by Gasteiger charge is 2.79. The number of aliphatic hydroxyl groups is 1. The van der Waals surface area contributed by atoms with E-state index in [2.05, 4.69) is 21.9 Å². The van der Waals surface area contributed by atoms with Crippen molar-refractivity contribution in [1.29, 1.82) is 0 Å². The molecule has 82 heavy (non-hydrogen) atoms. The molecule has 2 N–H and O–H groups in total. The second-order valence-electron chi connectivity index (χ2n) is 20.8. The molecule has 3 fully saturated rings. The van der Waals surface area contributed by atoms with E-state index in [0.717, 1.165) is 32.0 Å². The molecule has 0 spiro atoms. The minimum atomic E-state index is -2.69. The first-order valence-electron chi connectivity index (χ1n) is 25.8. The van der Waals surface area contributed by atoms with Crippen LogP contribution in [-0.2, 0) is 57.1 Å². The van der Waals surface area contributed by atoms with Crippen molar-refractivity contribution in [2.45, 2.75) is 108 Å². The van der Waals surface area contributed by atoms with Gasteiger partial charge in [-0.1, -0.05) is 98.3 Å². The molecule has 1 aliphatic heterocycles. The lowest BCUT2D eigenvalue weighted by molar-refractivity contribution is -0.385. The van der Waals surface area contributed by atoms with Crippen molar-refractivity contribution in [3.63, 3.8) is 0 Å². The zero-order chi connectivity index (χ0) is 59.5. The van der Waals surface area contributed by atoms with Crippen molar-refractivity contribution in [2.75, 3.05) is 13.2 Å². The van der Waals surface area contributed by atoms with Gasteiger partial charge in [0.15, 0.2) is 17.5 Å². The fourth-order valence-electron chi connectivity index (χ4n) is 11.9. The average Bonchev–Trinajstić information content (AvgIpc) is 0.719. The topological polar surface area (TPSA) is 335 Å². The molecule has 2 unspecified atom stereocenters. The van der Waals surface area contributed by atoms with Crippen LogP contribution in [0.5, 0.6) is 0 Å². The molecule has 24 heteroatoms. The molecule has 1 amide bonds. The number of carbonyl (C=O) groups is 8. The van der Waals surface area contributed by atoms with E-state index < -0.39 is 154 Å². The monoisotopic (exact) mass is 1130 g/mol. The number of hydrogen-bond acceptors (Lipinski definition) is 20. The summed E-state index contributed by atoms with van der Waals surface area (Å²) < 4.78 is 48.2. The Morgan fingerprint density at radius 2 is 1.52 bits per heavy atom. The van der Waals surface area contributed by atoms with Crippen LogP contribution in [0.15, 0.2) is 138 Å². The van der Waals surface area contributed by atoms with Gasteiger partial charge in [-0.15, -0.1) is 0 Å². The molecular formula is C58H57N5O19. The van der Waals surface area contributed by atoms with E-state index in [1.165, 1.54) is 82.3 Å². The molecule has 428 valence electrons. The van der Waals surface area contributed by atoms with E-state index in [4.69, 9.17) is 37.9 Å². The number of nitrogens with one attached hydrogen (secondary N) is 1. The third kappa shape index (κ3) is 10.9. The first-order valence-corrected chi connectivity index (χ1v) is 25.8. The van der Waals surface area contributed by atoms with E-state index in [1.807, 2.05) is 0 Å². The van der Waals surface area contributed by atoms with Crippen molar-refractivity contribution in [3.05, 3.63) is 176 Å². The maximum Gasteiger partial charge on any atom is 0.509 e. The third-order valence-electron chi connectivity index (χ3n) is 15.8. The highest BCUT2D eigenvalue weighted by molar-refractivity contribution is 5.98. The maximum absolute atomic E-state index is 16.5. The number of rotatable bonds is 17. The molecule has 11 atom stereocenters. The summed E-state index contributed by atoms with van der Waals surface area (Å²) in [7, 11) is 0. The Hall–Kier alpha value is -9.25. The van der Waals surface area contributed by atoms with Gasteiger partial charge in [-0.3, -0.25) is 29.3 Å². The molecule has 4 aliphatic rings. The van der Waals surface area contributed by atoms with Crippen molar-refractivity contribution in [3.8, 4) is 0 Å². The van der Waals surface area contributed by atoms with Gasteiger partial charge in [-0.05, 0) is 72.5 Å². The van der Waals surface area contributed by atoms with Crippen LogP contribution in [-0.4, -0.2) is 119 Å². The van der Waals surface area contributed by atoms with Crippen molar-refractivity contribution >= 4 is 59.1 Å². The number of benzene rings is 4. The molecule has 4 aromatic carbocycles. The van der Waals surface area contributed by atoms with E-state index in [9.17, 15) is 49.5 Å². The van der Waals surface area contributed by atoms with Crippen molar-refractivity contribution in [1.82, 2.24) is 5.32 Å². The van der Waals surface area contributed by atoms with E-state index in [1.54, 1.807) is 42.5 Å². The molecule has 3 aliphatic carbocycles. The largest absolute Gasteiger partial charge is 0.509 e. The number of nitro benzene ring substituents is 1. The smallest absolute Gasteiger partial charge is 0.457 e. The summed E-state index contributed by atoms with van der Waals surface area (Å²) in [4.78, 5) is 130. The molecule has 4 aromatic rings. The number of ketones is 1. The molecule has 8 rings (SSSR count). The number of esters is 5. The van der Waals surface area contributed by atoms with Crippen LogP contribution in [0.4, 0.5) is 16.2 Å². The molecule has 2 saturated carbocycles. The number of nitrogens with zero attached hydrogens (tertiary/aromatic N) is 4. The second-order valence-corrected chi connectivity index (χ2v) is 20.8. The first-order chi connectivity index (χ1) is 38.9. The summed E-state index contributed by atoms with van der Waals surface area (Å²) >= 11 is 0. The summed E-state index contributed by atoms with van der Waals surface area (Å²) in [6.45, 7) is 10.2. The Bertz CT molecular complexity index is 3310. The number of amides is 1. The maximum atomic E-state index is 16.5. The summed E-state index contributed by atoms with van der Waals surface area (Å²) in [6, 6.07) is 24.6. The van der Waals surface area contributed by atoms with Gasteiger partial charge in [0, 0.05) is 54.3 Å². The average molecular weight is 1130 g/mol. The van der Waals surface area contributed by atoms with E-state index >= 15 is 9.59 Å². The normalized spacial score (nSPS) is 26.5. The Morgan fingerprint density at radius 1 is 0.890 bits per heavy atom. The minimum Gasteiger partial charge on any atom is -0.457 e. The standard InChI is InChI=1S/C58H57N5O19/c1-8-26-75-54(71)80-46(44(34-18-12-9-13-19-34)60-50(67)35-20-14-10-15-21-35)53(70)78-40-29-58(72)49(81-51(68)36-22-16-11-17-23-36)47-56(7,48(66)45(77-32(3)64)43(31(40)2)55(58,5)6)41(28-42-57(47,30-76-42)82-33(4)65)79-52(69)38-27-37(61-62-59)24-25-39(38)63(73)74/h8-25,27,40-42,44-47,49,72H,1,26,28-30H2,2-7H3,(H,60,67)/t40-,41-,42?,44-,45+,46+,47?,49-,56+,57-,58+/m0/s1. The molecular weight excluding hydrogens is 1070 g/mol. The van der Waals surface area contributed by atoms with Crippen LogP contribution in [0.25, 0.3) is 10.4 Å². The molecule has 24 nitrogen and oxygen atoms in total. The number of ether oxygens (including phenoxy) is 8. The quantitative estimate of drug-likeness (QED) is 0.0149. The number of fused-ring (bicyclic) bond motifs is 5. The van der Waals surface area contributed by atoms with Gasteiger partial charge in [0.25, 0.3) is 11.6 Å². The van der Waals surface area contributed by atoms with Crippen LogP contribution in [0, 0.1) is 26.9 Å². The molecule has 0 aromatic heterocycles. The first kappa shape index (κ1) is 58.9. The zero-order valence-electron chi connectivity index (χ0n) is 45.2. The number of azide groups is 1. The van der Waals surface area contributed by atoms with Crippen LogP contribution in [0.3, 0.4) is 0 Å². The number of nitro groups is 1. The van der Waals surface area contributed by atoms with Crippen molar-refractivity contribution in [2.24, 2.45) is 21.9 Å². The molecule has 1 saturated heterocycles. The zero-order valence-corrected chi connectivity index (χ0v) is 45.2. The summed E-state index contributed by atoms with van der Waals surface area (Å²) in [5.74, 6) is -9.61. The predicted octanol–water partition coefficient (Wildman–Crippen LogP) is 7.80. The predicted molar refractivity (Wildman–Crippen MR) is 283 cm³/mol. The number of Topliss-reactive ketones (excluding diaryl/α,β-unsaturated/α-hetero) is 1. The molecule has 1 heterocycles. The van der Waals surface area contributed by atoms with Crippen LogP contribution < -0.4 is 5.32 Å². The van der Waals surface area contributed by atoms with Gasteiger partial charge in [-0.25, -0.2) is 19.2 Å². The van der Waals surface area contributed by atoms with Crippen molar-refractivity contribution < 1.29 is 86.3 Å². The van der Waals surface area contributed by atoms with Gasteiger partial charge in [-0.2, -0.15) is 0 Å². The second kappa shape index (κ2) is 23.5. The fraction of sp³-hybridized carbons (Fsp3) is 0.379. The van der Waals surface area contributed by atoms with Gasteiger partial charge in [0.1, 0.15) is 48.2 Å². The third-order valence-corrected chi connectivity index (χ3v) is 15.8. The highest BCUT2D eigenvalue weighted by Crippen LogP contribution is 2.65. The summed E-state index contributed by atoms with van der Waals surface area (Å²) in [6.07, 6.45) is -12.7. The van der Waals surface area contributed by atoms with E-state index in [0.29, 0.717) is 0 Å². The molecule has 0 radical (unpaired) electrons. The lowest BCUT2D eigenvalue weighted by Gasteiger charge is -2.67. The Kier molecular flexibility index (Phi) is 16.8. The fourth-order valence-corrected chi connectivity index (χ4v) is 11.9. The van der Waals surface area contributed by atoms with Gasteiger partial charge in [0.05, 0.1) is 28.4 Å². The lowest BCUT2D eigenvalue weighted by Crippen LogP contribution is -2.82. The van der Waals surface area contributed by atoms with Crippen LogP contribution in [0.1, 0.15) is 97.1 Å². The Balaban J connectivity index is 1.35. The van der Waals surface area contributed by atoms with Gasteiger partial charge >= 0.3 is 36.0 Å². The van der Waals surface area contributed by atoms with E-state index in [-0.39, 0.29) is 40.1 Å². The van der Waals surface area contributed by atoms with Crippen LogP contribution >= 0.6 is 0 Å². The number of hydrogen-bond donors (Lipinski definition) is 2. The summed E-state index contributed by atoms with van der Waals surface area (Å²) in [5.41, 5.74) is -1.64. The van der Waals surface area contributed by atoms with Crippen LogP contribution in [0.2, 0.25) is 0 Å². The summed E-state index contributed by atoms with van der Waals surface area (Å²) in [5, 5.41) is 32.9. The Morgan fingerprint density at radius 3 is 2.10 bits per heavy atom. The highest BCUT2D eigenvalue weighted by atomic mass is 16.7. The lowest BCUT2D eigenvalue weighted by atomic mass is 9.44. The van der Waals surface area contributed by atoms with Gasteiger partial charge < -0.3 is 48.3 Å². The SMILES string of the molecule is C=CCOC(=O)O[C@@H](C(=O)O[C@H]1C[C@@]2(O)[C@@H](OC(=O)c3ccccc3)C3[C@]4(OC(C)=O)COC4C[C@H](OC(=O)c4cc(N=[N+]=[N-])ccc4[N+](=O)[O-])[C@@]3(C)C(=O)[C@H](OC(C)=O)C(=C1C)C2(C)C)[C@@H](NC(=O)c1ccccc1)c1ccccc1. The molecule has 2 bridgehead atoms.